The topological polar surface area (TPSA) is 128 Å². The summed E-state index contributed by atoms with van der Waals surface area (Å²) < 4.78 is 5.08. The number of rotatable bonds is 5. The van der Waals surface area contributed by atoms with E-state index < -0.39 is 24.6 Å². The monoisotopic (exact) mass is 275 g/mol. The van der Waals surface area contributed by atoms with E-state index in [1.165, 1.54) is 0 Å². The number of hydrogen-bond acceptors (Lipinski definition) is 5. The number of aliphatic carboxylic acids is 1. The van der Waals surface area contributed by atoms with E-state index >= 15 is 0 Å². The number of aliphatic hydroxyl groups excluding tert-OH is 1. The van der Waals surface area contributed by atoms with Gasteiger partial charge in [0.25, 0.3) is 0 Å². The van der Waals surface area contributed by atoms with Crippen molar-refractivity contribution < 1.29 is 29.3 Å². The number of carboxylic acid groups (broad SMARTS) is 1. The molecule has 1 aliphatic heterocycles. The Bertz CT molecular complexity index is 342. The number of carbonyl (C=O) groups excluding carboxylic acids is 2. The molecule has 0 radical (unpaired) electrons. The van der Waals surface area contributed by atoms with Crippen molar-refractivity contribution in [3.63, 3.8) is 0 Å². The molecular weight excluding hydrogens is 258 g/mol. The van der Waals surface area contributed by atoms with E-state index in [0.717, 1.165) is 0 Å². The molecule has 1 rings (SSSR count). The quantitative estimate of drug-likeness (QED) is 0.442. The van der Waals surface area contributed by atoms with E-state index in [9.17, 15) is 14.4 Å². The molecule has 3 amide bonds. The van der Waals surface area contributed by atoms with Crippen LogP contribution in [0.3, 0.4) is 0 Å². The maximum atomic E-state index is 11.7. The van der Waals surface area contributed by atoms with Crippen molar-refractivity contribution in [1.29, 1.82) is 0 Å². The second-order valence-electron chi connectivity index (χ2n) is 3.89. The number of amides is 3. The van der Waals surface area contributed by atoms with Crippen molar-refractivity contribution >= 4 is 17.9 Å². The molecule has 9 nitrogen and oxygen atoms in total. The lowest BCUT2D eigenvalue weighted by atomic mass is 10.3. The summed E-state index contributed by atoms with van der Waals surface area (Å²) in [5.74, 6) is -1.62. The van der Waals surface area contributed by atoms with Gasteiger partial charge in [-0.2, -0.15) is 0 Å². The van der Waals surface area contributed by atoms with Crippen LogP contribution in [0.15, 0.2) is 0 Å². The zero-order valence-electron chi connectivity index (χ0n) is 10.3. The molecule has 1 heterocycles. The summed E-state index contributed by atoms with van der Waals surface area (Å²) in [6, 6.07) is -2.21. The Balaban J connectivity index is 2.29. The summed E-state index contributed by atoms with van der Waals surface area (Å²) >= 11 is 0. The first-order valence-electron chi connectivity index (χ1n) is 5.78. The van der Waals surface area contributed by atoms with Gasteiger partial charge in [-0.25, -0.2) is 9.59 Å². The molecule has 1 aliphatic rings. The van der Waals surface area contributed by atoms with Crippen LogP contribution in [0, 0.1) is 0 Å². The Kier molecular flexibility index (Phi) is 6.03. The number of carbonyl (C=O) groups is 3. The molecule has 0 unspecified atom stereocenters. The highest BCUT2D eigenvalue weighted by Crippen LogP contribution is 1.96. The largest absolute Gasteiger partial charge is 0.480 e. The molecule has 0 saturated carbocycles. The second kappa shape index (κ2) is 7.54. The van der Waals surface area contributed by atoms with Crippen molar-refractivity contribution in [2.45, 2.75) is 6.04 Å². The second-order valence-corrected chi connectivity index (χ2v) is 3.89. The summed E-state index contributed by atoms with van der Waals surface area (Å²) in [5.41, 5.74) is 0. The average molecular weight is 275 g/mol. The molecule has 9 heteroatoms. The fourth-order valence-electron chi connectivity index (χ4n) is 1.48. The van der Waals surface area contributed by atoms with Crippen LogP contribution in [-0.2, 0) is 14.3 Å². The van der Waals surface area contributed by atoms with Gasteiger partial charge in [-0.3, -0.25) is 4.79 Å². The molecule has 0 aromatic heterocycles. The molecule has 1 saturated heterocycles. The fourth-order valence-corrected chi connectivity index (χ4v) is 1.48. The van der Waals surface area contributed by atoms with E-state index in [0.29, 0.717) is 26.3 Å². The smallest absolute Gasteiger partial charge is 0.328 e. The third-order valence-corrected chi connectivity index (χ3v) is 2.55. The Morgan fingerprint density at radius 3 is 2.42 bits per heavy atom. The highest BCUT2D eigenvalue weighted by Gasteiger charge is 2.20. The molecule has 0 spiro atoms. The molecule has 0 bridgehead atoms. The minimum Gasteiger partial charge on any atom is -0.480 e. The first-order valence-corrected chi connectivity index (χ1v) is 5.78. The van der Waals surface area contributed by atoms with Crippen molar-refractivity contribution in [2.24, 2.45) is 0 Å². The van der Waals surface area contributed by atoms with Gasteiger partial charge in [0.15, 0.2) is 6.04 Å². The molecule has 108 valence electrons. The molecular formula is C10H17N3O6. The Morgan fingerprint density at radius 1 is 1.26 bits per heavy atom. The molecule has 0 aromatic rings. The standard InChI is InChI=1S/C10H17N3O6/c14-6-7(9(16)17)12-10(18)11-5-8(15)13-1-3-19-4-2-13/h7,14H,1-6H2,(H,16,17)(H2,11,12,18)/t7-/m0/s1. The maximum absolute atomic E-state index is 11.7. The number of ether oxygens (including phenoxy) is 1. The van der Waals surface area contributed by atoms with Gasteiger partial charge in [0, 0.05) is 13.1 Å². The summed E-state index contributed by atoms with van der Waals surface area (Å²) in [6.07, 6.45) is 0. The minimum absolute atomic E-state index is 0.233. The molecule has 19 heavy (non-hydrogen) atoms. The first-order chi connectivity index (χ1) is 9.04. The summed E-state index contributed by atoms with van der Waals surface area (Å²) in [4.78, 5) is 35.1. The van der Waals surface area contributed by atoms with Crippen LogP contribution in [0.1, 0.15) is 0 Å². The van der Waals surface area contributed by atoms with E-state index in [-0.39, 0.29) is 12.5 Å². The molecule has 0 aromatic carbocycles. The number of aliphatic hydroxyl groups is 1. The summed E-state index contributed by atoms with van der Waals surface area (Å²) in [7, 11) is 0. The predicted octanol–water partition coefficient (Wildman–Crippen LogP) is -2.41. The van der Waals surface area contributed by atoms with Gasteiger partial charge in [-0.1, -0.05) is 0 Å². The van der Waals surface area contributed by atoms with Gasteiger partial charge in [0.2, 0.25) is 5.91 Å². The van der Waals surface area contributed by atoms with Crippen LogP contribution in [0.2, 0.25) is 0 Å². The average Bonchev–Trinajstić information content (AvgIpc) is 2.42. The van der Waals surface area contributed by atoms with E-state index in [4.69, 9.17) is 14.9 Å². The normalized spacial score (nSPS) is 16.6. The van der Waals surface area contributed by atoms with Gasteiger partial charge in [-0.15, -0.1) is 0 Å². The maximum Gasteiger partial charge on any atom is 0.328 e. The molecule has 1 atom stereocenters. The fraction of sp³-hybridized carbons (Fsp3) is 0.700. The van der Waals surface area contributed by atoms with Crippen LogP contribution in [0.4, 0.5) is 4.79 Å². The number of nitrogens with zero attached hydrogens (tertiary/aromatic N) is 1. The van der Waals surface area contributed by atoms with Crippen LogP contribution < -0.4 is 10.6 Å². The van der Waals surface area contributed by atoms with Crippen LogP contribution in [0.25, 0.3) is 0 Å². The third kappa shape index (κ3) is 5.10. The van der Waals surface area contributed by atoms with Crippen molar-refractivity contribution in [1.82, 2.24) is 15.5 Å². The van der Waals surface area contributed by atoms with Gasteiger partial charge < -0.3 is 30.5 Å². The van der Waals surface area contributed by atoms with Gasteiger partial charge in [0.05, 0.1) is 26.4 Å². The summed E-state index contributed by atoms with van der Waals surface area (Å²) in [5, 5.41) is 21.6. The number of hydrogen-bond donors (Lipinski definition) is 4. The Morgan fingerprint density at radius 2 is 1.89 bits per heavy atom. The molecule has 0 aliphatic carbocycles. The lowest BCUT2D eigenvalue weighted by molar-refractivity contribution is -0.140. The number of morpholine rings is 1. The lowest BCUT2D eigenvalue weighted by Crippen LogP contribution is -2.51. The number of carboxylic acids is 1. The Hall–Kier alpha value is -1.87. The third-order valence-electron chi connectivity index (χ3n) is 2.55. The highest BCUT2D eigenvalue weighted by molar-refractivity contribution is 5.86. The van der Waals surface area contributed by atoms with Gasteiger partial charge >= 0.3 is 12.0 Å². The SMILES string of the molecule is O=C(NCC(=O)N1CCOCC1)N[C@@H](CO)C(=O)O. The van der Waals surface area contributed by atoms with Crippen molar-refractivity contribution in [3.05, 3.63) is 0 Å². The van der Waals surface area contributed by atoms with Crippen LogP contribution >= 0.6 is 0 Å². The van der Waals surface area contributed by atoms with Crippen molar-refractivity contribution in [3.8, 4) is 0 Å². The molecule has 4 N–H and O–H groups in total. The zero-order valence-corrected chi connectivity index (χ0v) is 10.3. The summed E-state index contributed by atoms with van der Waals surface area (Å²) in [6.45, 7) is 0.907. The minimum atomic E-state index is -1.39. The van der Waals surface area contributed by atoms with Gasteiger partial charge in [-0.05, 0) is 0 Å². The van der Waals surface area contributed by atoms with Crippen LogP contribution in [0.5, 0.6) is 0 Å². The number of urea groups is 1. The lowest BCUT2D eigenvalue weighted by Gasteiger charge is -2.26. The number of nitrogens with one attached hydrogen (secondary N) is 2. The zero-order chi connectivity index (χ0) is 14.3. The van der Waals surface area contributed by atoms with Crippen LogP contribution in [-0.4, -0.2) is 78.5 Å². The van der Waals surface area contributed by atoms with E-state index in [2.05, 4.69) is 5.32 Å². The van der Waals surface area contributed by atoms with E-state index in [1.54, 1.807) is 4.90 Å². The van der Waals surface area contributed by atoms with Crippen molar-refractivity contribution in [2.75, 3.05) is 39.5 Å². The van der Waals surface area contributed by atoms with Gasteiger partial charge in [0.1, 0.15) is 0 Å². The molecule has 1 fully saturated rings. The Labute approximate surface area is 109 Å². The van der Waals surface area contributed by atoms with E-state index in [1.807, 2.05) is 5.32 Å². The first kappa shape index (κ1) is 15.2. The highest BCUT2D eigenvalue weighted by atomic mass is 16.5. The predicted molar refractivity (Wildman–Crippen MR) is 62.4 cm³/mol.